The molecule has 8 nitrogen and oxygen atoms in total. The Kier molecular flexibility index (Phi) is 10.4. The molecule has 3 rings (SSSR count). The summed E-state index contributed by atoms with van der Waals surface area (Å²) in [5.41, 5.74) is 1.19. The van der Waals surface area contributed by atoms with Crippen molar-refractivity contribution in [2.75, 3.05) is 26.2 Å². The molecule has 1 aromatic heterocycles. The van der Waals surface area contributed by atoms with Crippen LogP contribution < -0.4 is 0 Å². The lowest BCUT2D eigenvalue weighted by atomic mass is 10.1. The first-order valence-corrected chi connectivity index (χ1v) is 13.2. The fourth-order valence-corrected chi connectivity index (χ4v) is 4.58. The lowest BCUT2D eigenvalue weighted by Crippen LogP contribution is -2.55. The minimum Gasteiger partial charge on any atom is -0.458 e. The second-order valence-electron chi connectivity index (χ2n) is 9.46. The summed E-state index contributed by atoms with van der Waals surface area (Å²) in [6, 6.07) is 9.19. The first-order chi connectivity index (χ1) is 17.9. The van der Waals surface area contributed by atoms with E-state index in [0.717, 1.165) is 24.8 Å². The van der Waals surface area contributed by atoms with Crippen LogP contribution in [0.25, 0.3) is 11.4 Å². The molecule has 2 amide bonds. The van der Waals surface area contributed by atoms with Crippen LogP contribution in [-0.2, 0) is 9.53 Å². The van der Waals surface area contributed by atoms with Crippen molar-refractivity contribution in [1.82, 2.24) is 19.8 Å². The van der Waals surface area contributed by atoms with Gasteiger partial charge in [-0.15, -0.1) is 0 Å². The fraction of sp³-hybridized carbons (Fsp3) is 0.483. The topological polar surface area (TPSA) is 92.7 Å². The van der Waals surface area contributed by atoms with Crippen LogP contribution in [0, 0.1) is 6.92 Å². The normalized spacial score (nSPS) is 15.4. The van der Waals surface area contributed by atoms with Crippen molar-refractivity contribution in [2.45, 2.75) is 65.3 Å². The average Bonchev–Trinajstić information content (AvgIpc) is 2.91. The number of rotatable bonds is 11. The van der Waals surface area contributed by atoms with Gasteiger partial charge in [0.15, 0.2) is 5.82 Å². The third-order valence-corrected chi connectivity index (χ3v) is 6.59. The van der Waals surface area contributed by atoms with E-state index in [1.807, 2.05) is 42.2 Å². The Labute approximate surface area is 219 Å². The molecule has 198 valence electrons. The number of hydrogen-bond donors (Lipinski definition) is 0. The number of carbonyl (C=O) groups is 3. The van der Waals surface area contributed by atoms with Gasteiger partial charge in [0.1, 0.15) is 17.9 Å². The molecule has 1 saturated heterocycles. The van der Waals surface area contributed by atoms with Crippen molar-refractivity contribution >= 4 is 17.8 Å². The van der Waals surface area contributed by atoms with E-state index in [2.05, 4.69) is 23.5 Å². The van der Waals surface area contributed by atoms with Crippen molar-refractivity contribution in [2.24, 2.45) is 0 Å². The van der Waals surface area contributed by atoms with E-state index in [9.17, 15) is 14.4 Å². The lowest BCUT2D eigenvalue weighted by molar-refractivity contribution is -0.135. The molecule has 2 aromatic rings. The van der Waals surface area contributed by atoms with Crippen LogP contribution in [0.2, 0.25) is 0 Å². The Morgan fingerprint density at radius 1 is 1.08 bits per heavy atom. The monoisotopic (exact) mass is 506 g/mol. The molecule has 0 saturated carbocycles. The summed E-state index contributed by atoms with van der Waals surface area (Å²) in [6.45, 7) is 10.6. The molecule has 0 spiro atoms. The summed E-state index contributed by atoms with van der Waals surface area (Å²) in [4.78, 5) is 52.0. The molecule has 1 aliphatic rings. The number of nitrogens with zero attached hydrogens (tertiary/aromatic N) is 4. The zero-order valence-electron chi connectivity index (χ0n) is 22.2. The Hall–Kier alpha value is -3.55. The van der Waals surface area contributed by atoms with Crippen LogP contribution in [0.3, 0.4) is 0 Å². The molecule has 8 heteroatoms. The summed E-state index contributed by atoms with van der Waals surface area (Å²) >= 11 is 0. The number of benzene rings is 1. The average molecular weight is 507 g/mol. The third-order valence-electron chi connectivity index (χ3n) is 6.59. The predicted molar refractivity (Wildman–Crippen MR) is 143 cm³/mol. The number of carbonyl (C=O) groups excluding carboxylic acids is 3. The molecule has 2 heterocycles. The summed E-state index contributed by atoms with van der Waals surface area (Å²) in [5.74, 6) is -0.530. The molecule has 1 aliphatic heterocycles. The van der Waals surface area contributed by atoms with Gasteiger partial charge in [0.25, 0.3) is 5.91 Å². The van der Waals surface area contributed by atoms with Crippen molar-refractivity contribution < 1.29 is 19.1 Å². The number of ether oxygens (including phenoxy) is 1. The van der Waals surface area contributed by atoms with Crippen molar-refractivity contribution in [3.05, 3.63) is 59.9 Å². The molecular formula is C29H38N4O4. The smallest absolute Gasteiger partial charge is 0.342 e. The van der Waals surface area contributed by atoms with E-state index < -0.39 is 5.97 Å². The summed E-state index contributed by atoms with van der Waals surface area (Å²) < 4.78 is 5.25. The highest BCUT2D eigenvalue weighted by atomic mass is 16.5. The minimum absolute atomic E-state index is 0.0165. The van der Waals surface area contributed by atoms with Crippen LogP contribution in [0.4, 0.5) is 0 Å². The molecule has 1 aromatic carbocycles. The zero-order chi connectivity index (χ0) is 26.8. The van der Waals surface area contributed by atoms with Gasteiger partial charge in [0.2, 0.25) is 5.91 Å². The van der Waals surface area contributed by atoms with Crippen LogP contribution in [0.5, 0.6) is 0 Å². The number of hydrogen-bond acceptors (Lipinski definition) is 6. The van der Waals surface area contributed by atoms with E-state index in [1.54, 1.807) is 11.8 Å². The zero-order valence-corrected chi connectivity index (χ0v) is 22.2. The maximum Gasteiger partial charge on any atom is 0.342 e. The van der Waals surface area contributed by atoms with Crippen LogP contribution in [0.15, 0.2) is 43.0 Å². The Morgan fingerprint density at radius 2 is 1.81 bits per heavy atom. The molecule has 0 aliphatic carbocycles. The molecule has 37 heavy (non-hydrogen) atoms. The van der Waals surface area contributed by atoms with Gasteiger partial charge >= 0.3 is 5.97 Å². The second-order valence-corrected chi connectivity index (χ2v) is 9.46. The van der Waals surface area contributed by atoms with Crippen molar-refractivity contribution in [3.8, 4) is 11.4 Å². The number of aromatic nitrogens is 2. The van der Waals surface area contributed by atoms with Gasteiger partial charge in [-0.2, -0.15) is 0 Å². The van der Waals surface area contributed by atoms with E-state index in [0.29, 0.717) is 37.6 Å². The molecule has 0 bridgehead atoms. The Morgan fingerprint density at radius 3 is 2.49 bits per heavy atom. The Balaban J connectivity index is 1.80. The second kappa shape index (κ2) is 13.7. The van der Waals surface area contributed by atoms with Gasteiger partial charge in [0, 0.05) is 37.7 Å². The summed E-state index contributed by atoms with van der Waals surface area (Å²) in [7, 11) is 0. The summed E-state index contributed by atoms with van der Waals surface area (Å²) in [5, 5.41) is 0. The van der Waals surface area contributed by atoms with E-state index in [-0.39, 0.29) is 35.7 Å². The van der Waals surface area contributed by atoms with Gasteiger partial charge in [-0.05, 0) is 20.3 Å². The number of unbranched alkanes of at least 4 members (excludes halogenated alkanes) is 4. The quantitative estimate of drug-likeness (QED) is 0.246. The fourth-order valence-electron chi connectivity index (χ4n) is 4.58. The largest absolute Gasteiger partial charge is 0.458 e. The van der Waals surface area contributed by atoms with Gasteiger partial charge in [0.05, 0.1) is 5.69 Å². The molecule has 0 radical (unpaired) electrons. The molecule has 1 fully saturated rings. The standard InChI is InChI=1S/C29H38N4O4/c1-5-7-8-9-13-16-24(34)33-18-17-32(20-21(33)3)28(35)26-25(29(36)37-19-6-2)22(4)30-27(31-26)23-14-11-10-12-15-23/h6,10-12,14-15,21H,2,5,7-9,13,16-20H2,1,3-4H3. The number of amides is 2. The first kappa shape index (κ1) is 28.0. The predicted octanol–water partition coefficient (Wildman–Crippen LogP) is 4.83. The first-order valence-electron chi connectivity index (χ1n) is 13.2. The van der Waals surface area contributed by atoms with Gasteiger partial charge < -0.3 is 14.5 Å². The number of piperazine rings is 1. The van der Waals surface area contributed by atoms with Gasteiger partial charge in [-0.3, -0.25) is 9.59 Å². The SMILES string of the molecule is C=CCOC(=O)c1c(C)nc(-c2ccccc2)nc1C(=O)N1CCN(C(=O)CCCCCCC)C(C)C1. The Bertz CT molecular complexity index is 1100. The van der Waals surface area contributed by atoms with E-state index >= 15 is 0 Å². The molecule has 1 unspecified atom stereocenters. The van der Waals surface area contributed by atoms with Crippen LogP contribution in [-0.4, -0.2) is 69.8 Å². The van der Waals surface area contributed by atoms with Crippen LogP contribution >= 0.6 is 0 Å². The maximum atomic E-state index is 13.7. The highest BCUT2D eigenvalue weighted by molar-refractivity contribution is 6.05. The van der Waals surface area contributed by atoms with E-state index in [1.165, 1.54) is 18.9 Å². The summed E-state index contributed by atoms with van der Waals surface area (Å²) in [6.07, 6.45) is 7.48. The lowest BCUT2D eigenvalue weighted by Gasteiger charge is -2.40. The number of esters is 1. The van der Waals surface area contributed by atoms with Gasteiger partial charge in [-0.25, -0.2) is 14.8 Å². The van der Waals surface area contributed by atoms with Gasteiger partial charge in [-0.1, -0.05) is 75.6 Å². The highest BCUT2D eigenvalue weighted by Crippen LogP contribution is 2.23. The van der Waals surface area contributed by atoms with E-state index in [4.69, 9.17) is 4.74 Å². The van der Waals surface area contributed by atoms with Crippen molar-refractivity contribution in [3.63, 3.8) is 0 Å². The molecule has 0 N–H and O–H groups in total. The third kappa shape index (κ3) is 7.24. The number of aryl methyl sites for hydroxylation is 1. The molecule has 1 atom stereocenters. The van der Waals surface area contributed by atoms with Crippen LogP contribution in [0.1, 0.15) is 78.9 Å². The highest BCUT2D eigenvalue weighted by Gasteiger charge is 2.33. The maximum absolute atomic E-state index is 13.7. The van der Waals surface area contributed by atoms with Crippen molar-refractivity contribution in [1.29, 1.82) is 0 Å². The minimum atomic E-state index is -0.662. The molecular weight excluding hydrogens is 468 g/mol.